The highest BCUT2D eigenvalue weighted by atomic mass is 79.9. The predicted molar refractivity (Wildman–Crippen MR) is 98.6 cm³/mol. The van der Waals surface area contributed by atoms with Crippen LogP contribution in [0.4, 0.5) is 5.69 Å². The number of thioether (sulfide) groups is 1. The fraction of sp³-hybridized carbons (Fsp3) is 0.412. The van der Waals surface area contributed by atoms with Gasteiger partial charge in [0, 0.05) is 30.6 Å². The summed E-state index contributed by atoms with van der Waals surface area (Å²) in [5.74, 6) is 0. The topological polar surface area (TPSA) is 12.0 Å². The zero-order chi connectivity index (χ0) is 14.7. The molecule has 0 amide bonds. The number of nitrogens with one attached hydrogen (secondary N) is 1. The highest BCUT2D eigenvalue weighted by Gasteiger charge is 2.16. The van der Waals surface area contributed by atoms with Crippen molar-refractivity contribution in [3.8, 4) is 0 Å². The van der Waals surface area contributed by atoms with Gasteiger partial charge in [-0.3, -0.25) is 0 Å². The molecule has 21 heavy (non-hydrogen) atoms. The van der Waals surface area contributed by atoms with Crippen molar-refractivity contribution in [2.45, 2.75) is 48.8 Å². The van der Waals surface area contributed by atoms with E-state index in [2.05, 4.69) is 63.9 Å². The van der Waals surface area contributed by atoms with Crippen molar-refractivity contribution in [2.75, 3.05) is 5.32 Å². The quantitative estimate of drug-likeness (QED) is 0.616. The van der Waals surface area contributed by atoms with Gasteiger partial charge in [0.1, 0.15) is 0 Å². The molecule has 1 aliphatic rings. The van der Waals surface area contributed by atoms with Gasteiger partial charge in [0.05, 0.1) is 6.04 Å². The van der Waals surface area contributed by atoms with Crippen molar-refractivity contribution in [3.05, 3.63) is 45.1 Å². The normalized spacial score (nSPS) is 17.0. The van der Waals surface area contributed by atoms with Gasteiger partial charge in [-0.25, -0.2) is 0 Å². The molecule has 0 radical (unpaired) electrons. The molecule has 1 saturated carbocycles. The van der Waals surface area contributed by atoms with Crippen molar-refractivity contribution < 1.29 is 0 Å². The lowest BCUT2D eigenvalue weighted by Crippen LogP contribution is -2.04. The van der Waals surface area contributed by atoms with E-state index in [1.807, 2.05) is 11.8 Å². The summed E-state index contributed by atoms with van der Waals surface area (Å²) >= 11 is 7.35. The molecule has 1 unspecified atom stereocenters. The Morgan fingerprint density at radius 2 is 1.95 bits per heavy atom. The molecule has 1 fully saturated rings. The van der Waals surface area contributed by atoms with Crippen LogP contribution >= 0.6 is 39.0 Å². The molecule has 0 bridgehead atoms. The van der Waals surface area contributed by atoms with E-state index in [0.29, 0.717) is 6.04 Å². The minimum absolute atomic E-state index is 0.342. The van der Waals surface area contributed by atoms with E-state index in [0.717, 1.165) is 5.25 Å². The van der Waals surface area contributed by atoms with E-state index in [1.165, 1.54) is 45.6 Å². The maximum Gasteiger partial charge on any atom is 0.0578 e. The summed E-state index contributed by atoms with van der Waals surface area (Å²) in [6, 6.07) is 11.4. The van der Waals surface area contributed by atoms with Gasteiger partial charge in [0.25, 0.3) is 0 Å². The van der Waals surface area contributed by atoms with E-state index in [-0.39, 0.29) is 0 Å². The number of hydrogen-bond donors (Lipinski definition) is 1. The molecule has 1 heterocycles. The third-order valence-electron chi connectivity index (χ3n) is 3.86. The van der Waals surface area contributed by atoms with Gasteiger partial charge in [-0.2, -0.15) is 0 Å². The van der Waals surface area contributed by atoms with E-state index < -0.39 is 0 Å². The second kappa shape index (κ2) is 7.21. The van der Waals surface area contributed by atoms with Crippen LogP contribution in [0.25, 0.3) is 0 Å². The summed E-state index contributed by atoms with van der Waals surface area (Å²) in [5, 5.41) is 6.55. The number of benzene rings is 1. The van der Waals surface area contributed by atoms with E-state index in [1.54, 1.807) is 11.3 Å². The maximum absolute atomic E-state index is 3.57. The summed E-state index contributed by atoms with van der Waals surface area (Å²) < 4.78 is 1.17. The standard InChI is InChI=1S/C17H20BrNS2/c1-12(17-10-13(18)11-20-17)19-14-6-8-16(9-7-14)21-15-4-2-3-5-15/h6-12,15,19H,2-5H2,1H3. The Labute approximate surface area is 143 Å². The molecule has 1 aliphatic carbocycles. The molecule has 1 aromatic carbocycles. The van der Waals surface area contributed by atoms with Crippen LogP contribution in [-0.2, 0) is 0 Å². The lowest BCUT2D eigenvalue weighted by molar-refractivity contribution is 0.886. The number of hydrogen-bond acceptors (Lipinski definition) is 3. The van der Waals surface area contributed by atoms with Gasteiger partial charge >= 0.3 is 0 Å². The van der Waals surface area contributed by atoms with Crippen LogP contribution in [0.2, 0.25) is 0 Å². The Morgan fingerprint density at radius 3 is 2.57 bits per heavy atom. The molecular weight excluding hydrogens is 362 g/mol. The van der Waals surface area contributed by atoms with Gasteiger partial charge in [0.15, 0.2) is 0 Å². The van der Waals surface area contributed by atoms with E-state index in [9.17, 15) is 0 Å². The smallest absolute Gasteiger partial charge is 0.0578 e. The van der Waals surface area contributed by atoms with E-state index >= 15 is 0 Å². The van der Waals surface area contributed by atoms with Crippen LogP contribution < -0.4 is 5.32 Å². The fourth-order valence-electron chi connectivity index (χ4n) is 2.70. The first kappa shape index (κ1) is 15.4. The summed E-state index contributed by atoms with van der Waals surface area (Å²) in [4.78, 5) is 2.75. The van der Waals surface area contributed by atoms with E-state index in [4.69, 9.17) is 0 Å². The minimum Gasteiger partial charge on any atom is -0.378 e. The van der Waals surface area contributed by atoms with Crippen molar-refractivity contribution >= 4 is 44.7 Å². The Morgan fingerprint density at radius 1 is 1.24 bits per heavy atom. The van der Waals surface area contributed by atoms with Gasteiger partial charge in [-0.1, -0.05) is 12.8 Å². The first-order valence-corrected chi connectivity index (χ1v) is 10.0. The summed E-state index contributed by atoms with van der Waals surface area (Å²) in [7, 11) is 0. The Balaban J connectivity index is 1.58. The summed E-state index contributed by atoms with van der Waals surface area (Å²) in [5.41, 5.74) is 1.20. The van der Waals surface area contributed by atoms with Crippen LogP contribution in [0.5, 0.6) is 0 Å². The van der Waals surface area contributed by atoms with Crippen LogP contribution in [0.3, 0.4) is 0 Å². The SMILES string of the molecule is CC(Nc1ccc(SC2CCCC2)cc1)c1cc(Br)cs1. The van der Waals surface area contributed by atoms with Crippen LogP contribution in [-0.4, -0.2) is 5.25 Å². The molecule has 0 spiro atoms. The molecule has 1 N–H and O–H groups in total. The highest BCUT2D eigenvalue weighted by Crippen LogP contribution is 2.35. The summed E-state index contributed by atoms with van der Waals surface area (Å²) in [6.45, 7) is 2.21. The Hall–Kier alpha value is -0.450. The Kier molecular flexibility index (Phi) is 5.30. The lowest BCUT2D eigenvalue weighted by Gasteiger charge is -2.14. The largest absolute Gasteiger partial charge is 0.378 e. The monoisotopic (exact) mass is 381 g/mol. The molecule has 4 heteroatoms. The first-order chi connectivity index (χ1) is 10.2. The van der Waals surface area contributed by atoms with Gasteiger partial charge < -0.3 is 5.32 Å². The molecule has 112 valence electrons. The summed E-state index contributed by atoms with van der Waals surface area (Å²) in [6.07, 6.45) is 5.58. The molecule has 0 saturated heterocycles. The third kappa shape index (κ3) is 4.27. The molecule has 1 aromatic heterocycles. The molecule has 0 aliphatic heterocycles. The predicted octanol–water partition coefficient (Wildman–Crippen LogP) is 6.72. The van der Waals surface area contributed by atoms with Gasteiger partial charge in [-0.05, 0) is 66.0 Å². The van der Waals surface area contributed by atoms with Crippen LogP contribution in [0.1, 0.15) is 43.5 Å². The van der Waals surface area contributed by atoms with Crippen molar-refractivity contribution in [1.29, 1.82) is 0 Å². The van der Waals surface area contributed by atoms with Gasteiger partial charge in [0.2, 0.25) is 0 Å². The Bertz CT molecular complexity index is 573. The molecular formula is C17H20BrNS2. The van der Waals surface area contributed by atoms with Crippen LogP contribution in [0, 0.1) is 0 Å². The number of thiophene rings is 1. The second-order valence-corrected chi connectivity index (χ2v) is 8.81. The zero-order valence-corrected chi connectivity index (χ0v) is 15.4. The van der Waals surface area contributed by atoms with Crippen molar-refractivity contribution in [1.82, 2.24) is 0 Å². The number of halogens is 1. The molecule has 2 aromatic rings. The maximum atomic E-state index is 3.57. The highest BCUT2D eigenvalue weighted by molar-refractivity contribution is 9.10. The molecule has 1 nitrogen and oxygen atoms in total. The average Bonchev–Trinajstić information content (AvgIpc) is 3.12. The lowest BCUT2D eigenvalue weighted by atomic mass is 10.2. The van der Waals surface area contributed by atoms with Crippen molar-refractivity contribution in [3.63, 3.8) is 0 Å². The third-order valence-corrected chi connectivity index (χ3v) is 7.08. The zero-order valence-electron chi connectivity index (χ0n) is 12.1. The molecule has 1 atom stereocenters. The van der Waals surface area contributed by atoms with Crippen LogP contribution in [0.15, 0.2) is 45.1 Å². The van der Waals surface area contributed by atoms with Crippen molar-refractivity contribution in [2.24, 2.45) is 0 Å². The second-order valence-electron chi connectivity index (χ2n) is 5.58. The number of anilines is 1. The molecule has 3 rings (SSSR count). The first-order valence-electron chi connectivity index (χ1n) is 7.48. The average molecular weight is 382 g/mol. The minimum atomic E-state index is 0.342. The van der Waals surface area contributed by atoms with Gasteiger partial charge in [-0.15, -0.1) is 23.1 Å². The fourth-order valence-corrected chi connectivity index (χ4v) is 5.41. The number of rotatable bonds is 5.